The van der Waals surface area contributed by atoms with Crippen molar-refractivity contribution in [2.45, 2.75) is 38.1 Å². The van der Waals surface area contributed by atoms with Gasteiger partial charge < -0.3 is 10.5 Å². The molecule has 0 saturated heterocycles. The summed E-state index contributed by atoms with van der Waals surface area (Å²) in [6.07, 6.45) is 2.23. The molecule has 5 nitrogen and oxygen atoms in total. The lowest BCUT2D eigenvalue weighted by Gasteiger charge is -2.20. The minimum Gasteiger partial charge on any atom is -0.372 e. The average Bonchev–Trinajstić information content (AvgIpc) is 2.62. The first-order valence-corrected chi connectivity index (χ1v) is 9.99. The lowest BCUT2D eigenvalue weighted by molar-refractivity contribution is 0.103. The van der Waals surface area contributed by atoms with Gasteiger partial charge in [-0.2, -0.15) is 9.97 Å². The fraction of sp³-hybridized carbons (Fsp3) is 0.316. The summed E-state index contributed by atoms with van der Waals surface area (Å²) >= 11 is 8.22. The third-order valence-corrected chi connectivity index (χ3v) is 5.61. The number of unbranched alkanes of at least 4 members (excludes halogenated alkanes) is 1. The first-order chi connectivity index (χ1) is 12.7. The predicted molar refractivity (Wildman–Crippen MR) is 106 cm³/mol. The van der Waals surface area contributed by atoms with Crippen LogP contribution >= 0.6 is 23.4 Å². The van der Waals surface area contributed by atoms with Crippen molar-refractivity contribution in [2.24, 2.45) is 0 Å². The molecule has 2 heterocycles. The van der Waals surface area contributed by atoms with Gasteiger partial charge in [-0.05, 0) is 34.4 Å². The fourth-order valence-electron chi connectivity index (χ4n) is 3.20. The molecule has 0 atom stereocenters. The molecule has 2 aromatic carbocycles. The van der Waals surface area contributed by atoms with Crippen LogP contribution in [0.15, 0.2) is 29.4 Å². The van der Waals surface area contributed by atoms with Gasteiger partial charge in [-0.25, -0.2) is 4.98 Å². The number of aromatic nitrogens is 3. The zero-order chi connectivity index (χ0) is 18.1. The Hall–Kier alpha value is -1.89. The number of nitrogens with zero attached hydrogens (tertiary/aromatic N) is 3. The standard InChI is InChI=1S/C19H19ClN4OS/c1-2-3-7-26-19-23-17(22-18(21)24-19)16-13-6-4-5-11-9-25-10-12(15(11)13)8-14(16)20/h4-6,8H,2-3,7,9-10H2,1H3,(H2,21,22,23,24). The summed E-state index contributed by atoms with van der Waals surface area (Å²) in [6, 6.07) is 8.10. The van der Waals surface area contributed by atoms with Gasteiger partial charge in [-0.1, -0.05) is 54.9 Å². The van der Waals surface area contributed by atoms with Crippen LogP contribution in [0.4, 0.5) is 5.95 Å². The van der Waals surface area contributed by atoms with Crippen LogP contribution < -0.4 is 5.73 Å². The van der Waals surface area contributed by atoms with Crippen LogP contribution in [0, 0.1) is 0 Å². The summed E-state index contributed by atoms with van der Waals surface area (Å²) in [5.41, 5.74) is 9.01. The highest BCUT2D eigenvalue weighted by atomic mass is 35.5. The minimum absolute atomic E-state index is 0.217. The third kappa shape index (κ3) is 3.24. The lowest BCUT2D eigenvalue weighted by Crippen LogP contribution is -2.06. The number of halogens is 1. The molecule has 1 aromatic heterocycles. The fourth-order valence-corrected chi connectivity index (χ4v) is 4.44. The van der Waals surface area contributed by atoms with Crippen LogP contribution in [0.2, 0.25) is 5.02 Å². The van der Waals surface area contributed by atoms with Crippen molar-refractivity contribution >= 4 is 40.1 Å². The van der Waals surface area contributed by atoms with E-state index in [2.05, 4.69) is 34.0 Å². The molecular weight excluding hydrogens is 368 g/mol. The second kappa shape index (κ2) is 7.39. The van der Waals surface area contributed by atoms with E-state index < -0.39 is 0 Å². The van der Waals surface area contributed by atoms with Crippen LogP contribution in [0.1, 0.15) is 30.9 Å². The van der Waals surface area contributed by atoms with Crippen LogP contribution in [0.5, 0.6) is 0 Å². The van der Waals surface area contributed by atoms with Crippen molar-refractivity contribution in [2.75, 3.05) is 11.5 Å². The van der Waals surface area contributed by atoms with Crippen molar-refractivity contribution in [1.82, 2.24) is 15.0 Å². The van der Waals surface area contributed by atoms with Crippen LogP contribution in [0.3, 0.4) is 0 Å². The van der Waals surface area contributed by atoms with Gasteiger partial charge in [0.15, 0.2) is 11.0 Å². The second-order valence-electron chi connectivity index (χ2n) is 6.23. The number of ether oxygens (including phenoxy) is 1. The van der Waals surface area contributed by atoms with Crippen molar-refractivity contribution in [1.29, 1.82) is 0 Å². The Bertz CT molecular complexity index is 979. The maximum absolute atomic E-state index is 6.63. The number of rotatable bonds is 5. The average molecular weight is 387 g/mol. The smallest absolute Gasteiger partial charge is 0.224 e. The Morgan fingerprint density at radius 2 is 2.04 bits per heavy atom. The zero-order valence-corrected chi connectivity index (χ0v) is 16.0. The summed E-state index contributed by atoms with van der Waals surface area (Å²) in [4.78, 5) is 13.3. The Morgan fingerprint density at radius 3 is 2.88 bits per heavy atom. The van der Waals surface area contributed by atoms with Gasteiger partial charge in [0.05, 0.1) is 18.2 Å². The Labute approximate surface area is 161 Å². The van der Waals surface area contributed by atoms with Crippen molar-refractivity contribution in [3.05, 3.63) is 40.4 Å². The van der Waals surface area contributed by atoms with E-state index >= 15 is 0 Å². The SMILES string of the molecule is CCCCSc1nc(N)nc(-c2c(Cl)cc3c4c(cccc24)COC3)n1. The van der Waals surface area contributed by atoms with E-state index in [0.29, 0.717) is 29.2 Å². The maximum Gasteiger partial charge on any atom is 0.224 e. The number of benzene rings is 2. The molecule has 0 radical (unpaired) electrons. The predicted octanol–water partition coefficient (Wildman–Crippen LogP) is 4.85. The lowest BCUT2D eigenvalue weighted by atomic mass is 9.94. The molecule has 134 valence electrons. The molecule has 0 saturated carbocycles. The van der Waals surface area contributed by atoms with Crippen molar-refractivity contribution in [3.63, 3.8) is 0 Å². The summed E-state index contributed by atoms with van der Waals surface area (Å²) in [5, 5.41) is 3.45. The van der Waals surface area contributed by atoms with Crippen LogP contribution in [-0.4, -0.2) is 20.7 Å². The van der Waals surface area contributed by atoms with Gasteiger partial charge in [0.2, 0.25) is 5.95 Å². The highest BCUT2D eigenvalue weighted by molar-refractivity contribution is 7.99. The largest absolute Gasteiger partial charge is 0.372 e. The molecule has 2 N–H and O–H groups in total. The number of nitrogens with two attached hydrogens (primary N) is 1. The Kier molecular flexibility index (Phi) is 4.98. The first kappa shape index (κ1) is 17.5. The molecule has 0 aliphatic carbocycles. The Balaban J connectivity index is 1.87. The molecule has 1 aliphatic heterocycles. The summed E-state index contributed by atoms with van der Waals surface area (Å²) in [6.45, 7) is 3.32. The molecule has 3 aromatic rings. The molecule has 0 fully saturated rings. The number of hydrogen-bond acceptors (Lipinski definition) is 6. The maximum atomic E-state index is 6.63. The quantitative estimate of drug-likeness (QED) is 0.499. The van der Waals surface area contributed by atoms with Gasteiger partial charge in [0.25, 0.3) is 0 Å². The molecule has 0 amide bonds. The molecular formula is C19H19ClN4OS. The van der Waals surface area contributed by atoms with E-state index in [1.165, 1.54) is 5.39 Å². The molecule has 0 spiro atoms. The number of thioether (sulfide) groups is 1. The normalized spacial score (nSPS) is 13.3. The molecule has 0 unspecified atom stereocenters. The number of nitrogen functional groups attached to an aromatic ring is 1. The monoisotopic (exact) mass is 386 g/mol. The summed E-state index contributed by atoms with van der Waals surface area (Å²) < 4.78 is 5.66. The van der Waals surface area contributed by atoms with Gasteiger partial charge >= 0.3 is 0 Å². The first-order valence-electron chi connectivity index (χ1n) is 8.63. The van der Waals surface area contributed by atoms with Gasteiger partial charge in [-0.3, -0.25) is 0 Å². The van der Waals surface area contributed by atoms with Crippen LogP contribution in [-0.2, 0) is 18.0 Å². The van der Waals surface area contributed by atoms with Crippen molar-refractivity contribution in [3.8, 4) is 11.4 Å². The van der Waals surface area contributed by atoms with Gasteiger partial charge in [0.1, 0.15) is 0 Å². The van der Waals surface area contributed by atoms with E-state index in [4.69, 9.17) is 22.1 Å². The van der Waals surface area contributed by atoms with Crippen molar-refractivity contribution < 1.29 is 4.74 Å². The van der Waals surface area contributed by atoms with Gasteiger partial charge in [-0.15, -0.1) is 0 Å². The van der Waals surface area contributed by atoms with E-state index in [9.17, 15) is 0 Å². The number of hydrogen-bond donors (Lipinski definition) is 1. The molecule has 7 heteroatoms. The second-order valence-corrected chi connectivity index (χ2v) is 7.70. The van der Waals surface area contributed by atoms with Gasteiger partial charge in [0, 0.05) is 11.3 Å². The van der Waals surface area contributed by atoms with E-state index in [-0.39, 0.29) is 5.95 Å². The highest BCUT2D eigenvalue weighted by Gasteiger charge is 2.20. The molecule has 1 aliphatic rings. The molecule has 26 heavy (non-hydrogen) atoms. The third-order valence-electron chi connectivity index (χ3n) is 4.38. The number of anilines is 1. The zero-order valence-electron chi connectivity index (χ0n) is 14.5. The van der Waals surface area contributed by atoms with E-state index in [1.54, 1.807) is 11.8 Å². The summed E-state index contributed by atoms with van der Waals surface area (Å²) in [7, 11) is 0. The van der Waals surface area contributed by atoms with E-state index in [0.717, 1.165) is 40.7 Å². The Morgan fingerprint density at radius 1 is 1.19 bits per heavy atom. The highest BCUT2D eigenvalue weighted by Crippen LogP contribution is 2.39. The summed E-state index contributed by atoms with van der Waals surface area (Å²) in [5.74, 6) is 1.69. The topological polar surface area (TPSA) is 73.9 Å². The molecule has 0 bridgehead atoms. The molecule has 4 rings (SSSR count). The van der Waals surface area contributed by atoms with Crippen LogP contribution in [0.25, 0.3) is 22.2 Å². The van der Waals surface area contributed by atoms with E-state index in [1.807, 2.05) is 12.1 Å². The minimum atomic E-state index is 0.217.